The third-order valence-corrected chi connectivity index (χ3v) is 5.76. The SMILES string of the molecule is CCOc1cn(-c2ncc(N)nc2C)nc1C(=O)Nc1ccc(Oc2ccnc3cc(OC)c(OC)cc23)cn1. The molecule has 0 saturated heterocycles. The lowest BCUT2D eigenvalue weighted by molar-refractivity contribution is 0.101. The summed E-state index contributed by atoms with van der Waals surface area (Å²) in [5.74, 6) is 2.91. The first kappa shape index (κ1) is 26.2. The summed E-state index contributed by atoms with van der Waals surface area (Å²) in [6, 6.07) is 8.61. The number of aryl methyl sites for hydroxylation is 1. The normalized spacial score (nSPS) is 10.8. The summed E-state index contributed by atoms with van der Waals surface area (Å²) in [4.78, 5) is 30.3. The van der Waals surface area contributed by atoms with Crippen LogP contribution < -0.4 is 30.0 Å². The number of ether oxygens (including phenoxy) is 4. The maximum Gasteiger partial charge on any atom is 0.281 e. The number of carbonyl (C=O) groups excluding carboxylic acids is 1. The Hall–Kier alpha value is -5.46. The number of nitrogens with one attached hydrogen (secondary N) is 1. The molecule has 0 saturated carbocycles. The summed E-state index contributed by atoms with van der Waals surface area (Å²) in [6.07, 6.45) is 6.12. The lowest BCUT2D eigenvalue weighted by atomic mass is 10.2. The fourth-order valence-corrected chi connectivity index (χ4v) is 3.96. The highest BCUT2D eigenvalue weighted by molar-refractivity contribution is 6.04. The van der Waals surface area contributed by atoms with E-state index in [4.69, 9.17) is 24.7 Å². The Kier molecular flexibility index (Phi) is 7.27. The molecule has 4 heterocycles. The van der Waals surface area contributed by atoms with Crippen LogP contribution in [0, 0.1) is 6.92 Å². The second kappa shape index (κ2) is 11.1. The molecule has 40 heavy (non-hydrogen) atoms. The molecule has 13 nitrogen and oxygen atoms in total. The van der Waals surface area contributed by atoms with E-state index < -0.39 is 5.91 Å². The number of aromatic nitrogens is 6. The molecule has 4 aromatic heterocycles. The van der Waals surface area contributed by atoms with Crippen LogP contribution in [0.15, 0.2) is 55.1 Å². The van der Waals surface area contributed by atoms with E-state index in [9.17, 15) is 4.79 Å². The van der Waals surface area contributed by atoms with Gasteiger partial charge < -0.3 is 30.0 Å². The molecule has 0 aliphatic rings. The van der Waals surface area contributed by atoms with Crippen molar-refractivity contribution in [1.82, 2.24) is 29.7 Å². The number of anilines is 2. The molecule has 3 N–H and O–H groups in total. The summed E-state index contributed by atoms with van der Waals surface area (Å²) >= 11 is 0. The predicted molar refractivity (Wildman–Crippen MR) is 147 cm³/mol. The Morgan fingerprint density at radius 2 is 1.80 bits per heavy atom. The first-order chi connectivity index (χ1) is 19.4. The van der Waals surface area contributed by atoms with Crippen LogP contribution in [0.25, 0.3) is 16.7 Å². The number of nitrogens with two attached hydrogens (primary N) is 1. The third-order valence-electron chi connectivity index (χ3n) is 5.76. The van der Waals surface area contributed by atoms with Crippen molar-refractivity contribution in [3.05, 3.63) is 66.5 Å². The van der Waals surface area contributed by atoms with E-state index in [1.165, 1.54) is 17.1 Å². The predicted octanol–water partition coefficient (Wildman–Crippen LogP) is 3.96. The van der Waals surface area contributed by atoms with Gasteiger partial charge in [-0.1, -0.05) is 0 Å². The number of fused-ring (bicyclic) bond motifs is 1. The van der Waals surface area contributed by atoms with Crippen molar-refractivity contribution in [3.8, 4) is 34.6 Å². The molecule has 13 heteroatoms. The largest absolute Gasteiger partial charge is 0.493 e. The van der Waals surface area contributed by atoms with Crippen LogP contribution >= 0.6 is 0 Å². The topological polar surface area (TPSA) is 161 Å². The van der Waals surface area contributed by atoms with E-state index in [1.807, 2.05) is 6.92 Å². The molecule has 204 valence electrons. The number of nitrogen functional groups attached to an aromatic ring is 1. The highest BCUT2D eigenvalue weighted by Gasteiger charge is 2.21. The quantitative estimate of drug-likeness (QED) is 0.277. The Balaban J connectivity index is 1.35. The molecule has 0 aliphatic carbocycles. The van der Waals surface area contributed by atoms with Crippen LogP contribution in [0.4, 0.5) is 11.6 Å². The third kappa shape index (κ3) is 5.25. The van der Waals surface area contributed by atoms with E-state index in [2.05, 4.69) is 30.4 Å². The zero-order valence-corrected chi connectivity index (χ0v) is 22.2. The average molecular weight is 543 g/mol. The van der Waals surface area contributed by atoms with E-state index in [0.29, 0.717) is 52.5 Å². The Morgan fingerprint density at radius 3 is 2.50 bits per heavy atom. The molecule has 1 aromatic carbocycles. The van der Waals surface area contributed by atoms with Crippen LogP contribution in [-0.4, -0.2) is 56.5 Å². The summed E-state index contributed by atoms with van der Waals surface area (Å²) in [6.45, 7) is 3.90. The van der Waals surface area contributed by atoms with Gasteiger partial charge in [0.25, 0.3) is 5.91 Å². The number of rotatable bonds is 9. The molecule has 0 unspecified atom stereocenters. The van der Waals surface area contributed by atoms with E-state index in [1.54, 1.807) is 63.9 Å². The van der Waals surface area contributed by atoms with Gasteiger partial charge in [0.05, 0.1) is 50.6 Å². The Labute approximate surface area is 228 Å². The molecule has 0 fully saturated rings. The van der Waals surface area contributed by atoms with E-state index >= 15 is 0 Å². The number of pyridine rings is 2. The fraction of sp³-hybridized carbons (Fsp3) is 0.185. The van der Waals surface area contributed by atoms with Gasteiger partial charge >= 0.3 is 0 Å². The minimum Gasteiger partial charge on any atom is -0.493 e. The van der Waals surface area contributed by atoms with Crippen LogP contribution in [-0.2, 0) is 0 Å². The van der Waals surface area contributed by atoms with Crippen LogP contribution in [0.1, 0.15) is 23.1 Å². The summed E-state index contributed by atoms with van der Waals surface area (Å²) in [7, 11) is 3.13. The Bertz CT molecular complexity index is 1690. The number of amides is 1. The second-order valence-corrected chi connectivity index (χ2v) is 8.39. The maximum atomic E-state index is 13.1. The van der Waals surface area contributed by atoms with Crippen molar-refractivity contribution in [1.29, 1.82) is 0 Å². The number of hydrogen-bond donors (Lipinski definition) is 2. The summed E-state index contributed by atoms with van der Waals surface area (Å²) < 4.78 is 23.9. The molecular weight excluding hydrogens is 516 g/mol. The zero-order chi connectivity index (χ0) is 28.2. The molecule has 0 atom stereocenters. The van der Waals surface area contributed by atoms with E-state index in [-0.39, 0.29) is 17.3 Å². The molecule has 1 amide bonds. The number of nitrogens with zero attached hydrogens (tertiary/aromatic N) is 6. The zero-order valence-electron chi connectivity index (χ0n) is 22.2. The maximum absolute atomic E-state index is 13.1. The van der Waals surface area contributed by atoms with Gasteiger partial charge in [0.1, 0.15) is 23.1 Å². The van der Waals surface area contributed by atoms with Gasteiger partial charge in [0.2, 0.25) is 0 Å². The minimum absolute atomic E-state index is 0.0645. The van der Waals surface area contributed by atoms with E-state index in [0.717, 1.165) is 5.39 Å². The molecule has 5 rings (SSSR count). The fourth-order valence-electron chi connectivity index (χ4n) is 3.96. The molecule has 0 spiro atoms. The molecule has 0 bridgehead atoms. The van der Waals surface area contributed by atoms with Crippen LogP contribution in [0.2, 0.25) is 0 Å². The van der Waals surface area contributed by atoms with Crippen LogP contribution in [0.5, 0.6) is 28.7 Å². The highest BCUT2D eigenvalue weighted by atomic mass is 16.5. The lowest BCUT2D eigenvalue weighted by Crippen LogP contribution is -2.15. The lowest BCUT2D eigenvalue weighted by Gasteiger charge is -2.12. The number of benzene rings is 1. The van der Waals surface area contributed by atoms with Gasteiger partial charge in [0, 0.05) is 17.6 Å². The van der Waals surface area contributed by atoms with Crippen molar-refractivity contribution in [2.75, 3.05) is 31.9 Å². The van der Waals surface area contributed by atoms with Gasteiger partial charge in [-0.25, -0.2) is 19.6 Å². The summed E-state index contributed by atoms with van der Waals surface area (Å²) in [5, 5.41) is 7.84. The molecule has 5 aromatic rings. The minimum atomic E-state index is -0.509. The van der Waals surface area contributed by atoms with Crippen molar-refractivity contribution >= 4 is 28.4 Å². The van der Waals surface area contributed by atoms with Crippen molar-refractivity contribution in [2.24, 2.45) is 0 Å². The average Bonchev–Trinajstić information content (AvgIpc) is 3.37. The standard InChI is InChI=1S/C27H26N8O5/c1-5-39-22-14-35(26-15(2)32-23(28)13-31-26)34-25(22)27(36)33-24-7-6-16(12-30-24)40-19-8-9-29-18-11-21(38-4)20(37-3)10-17(18)19/h6-14H,5H2,1-4H3,(H2,28,32)(H,30,33,36). The van der Waals surface area contributed by atoms with Crippen molar-refractivity contribution in [3.63, 3.8) is 0 Å². The summed E-state index contributed by atoms with van der Waals surface area (Å²) in [5.41, 5.74) is 7.00. The van der Waals surface area contributed by atoms with Crippen LogP contribution in [0.3, 0.4) is 0 Å². The second-order valence-electron chi connectivity index (χ2n) is 8.39. The number of carbonyl (C=O) groups is 1. The molecule has 0 radical (unpaired) electrons. The molecule has 0 aliphatic heterocycles. The smallest absolute Gasteiger partial charge is 0.281 e. The number of methoxy groups -OCH3 is 2. The van der Waals surface area contributed by atoms with Gasteiger partial charge in [-0.2, -0.15) is 5.10 Å². The number of hydrogen-bond acceptors (Lipinski definition) is 11. The van der Waals surface area contributed by atoms with Gasteiger partial charge in [-0.3, -0.25) is 9.78 Å². The van der Waals surface area contributed by atoms with Crippen molar-refractivity contribution < 1.29 is 23.7 Å². The first-order valence-corrected chi connectivity index (χ1v) is 12.2. The monoisotopic (exact) mass is 542 g/mol. The van der Waals surface area contributed by atoms with Gasteiger partial charge in [-0.15, -0.1) is 0 Å². The first-order valence-electron chi connectivity index (χ1n) is 12.2. The van der Waals surface area contributed by atoms with Gasteiger partial charge in [0.15, 0.2) is 28.8 Å². The Morgan fingerprint density at radius 1 is 1.00 bits per heavy atom. The molecular formula is C27H26N8O5. The van der Waals surface area contributed by atoms with Gasteiger partial charge in [-0.05, 0) is 38.1 Å². The van der Waals surface area contributed by atoms with Crippen molar-refractivity contribution in [2.45, 2.75) is 13.8 Å². The highest BCUT2D eigenvalue weighted by Crippen LogP contribution is 2.36.